The van der Waals surface area contributed by atoms with Gasteiger partial charge < -0.3 is 9.14 Å². The van der Waals surface area contributed by atoms with Crippen molar-refractivity contribution in [3.63, 3.8) is 0 Å². The molecule has 2 aliphatic rings. The zero-order valence-electron chi connectivity index (χ0n) is 18.2. The lowest BCUT2D eigenvalue weighted by molar-refractivity contribution is 0.246. The van der Waals surface area contributed by atoms with Crippen molar-refractivity contribution in [3.8, 4) is 17.0 Å². The van der Waals surface area contributed by atoms with E-state index in [4.69, 9.17) is 21.3 Å². The third-order valence-corrected chi connectivity index (χ3v) is 7.36. The van der Waals surface area contributed by atoms with E-state index in [9.17, 15) is 0 Å². The second-order valence-corrected chi connectivity index (χ2v) is 9.40. The van der Waals surface area contributed by atoms with Crippen LogP contribution in [0.15, 0.2) is 66.9 Å². The predicted molar refractivity (Wildman–Crippen MR) is 129 cm³/mol. The molecule has 1 saturated heterocycles. The number of hydrogen-bond donors (Lipinski definition) is 0. The molecule has 1 atom stereocenters. The number of likely N-dealkylation sites (tertiary alicyclic amines) is 1. The second kappa shape index (κ2) is 7.95. The number of hydrogen-bond acceptors (Lipinski definition) is 3. The molecular weight excluding hydrogens is 418 g/mol. The van der Waals surface area contributed by atoms with Crippen LogP contribution in [0.3, 0.4) is 0 Å². The van der Waals surface area contributed by atoms with E-state index >= 15 is 0 Å². The average molecular weight is 444 g/mol. The van der Waals surface area contributed by atoms with Gasteiger partial charge in [-0.3, -0.25) is 4.90 Å². The highest BCUT2D eigenvalue weighted by Gasteiger charge is 2.34. The van der Waals surface area contributed by atoms with E-state index in [0.29, 0.717) is 12.0 Å². The summed E-state index contributed by atoms with van der Waals surface area (Å²) < 4.78 is 7.57. The lowest BCUT2D eigenvalue weighted by atomic mass is 10.1. The van der Waals surface area contributed by atoms with Gasteiger partial charge in [0.15, 0.2) is 0 Å². The predicted octanol–water partition coefficient (Wildman–Crippen LogP) is 5.62. The van der Waals surface area contributed by atoms with Gasteiger partial charge in [0.2, 0.25) is 0 Å². The van der Waals surface area contributed by atoms with Crippen molar-refractivity contribution in [3.05, 3.63) is 88.8 Å². The minimum absolute atomic E-state index is 0.416. The Morgan fingerprint density at radius 3 is 2.47 bits per heavy atom. The summed E-state index contributed by atoms with van der Waals surface area (Å²) in [6.45, 7) is 2.19. The van der Waals surface area contributed by atoms with Gasteiger partial charge in [0.1, 0.15) is 11.6 Å². The Hall–Kier alpha value is -2.82. The summed E-state index contributed by atoms with van der Waals surface area (Å²) >= 11 is 6.38. The molecule has 4 aromatic rings. The van der Waals surface area contributed by atoms with Crippen LogP contribution in [0.1, 0.15) is 29.3 Å². The molecule has 0 bridgehead atoms. The first-order chi connectivity index (χ1) is 15.7. The maximum absolute atomic E-state index is 6.38. The Kier molecular flexibility index (Phi) is 4.93. The first-order valence-electron chi connectivity index (χ1n) is 11.3. The quantitative estimate of drug-likeness (QED) is 0.410. The number of halogens is 1. The summed E-state index contributed by atoms with van der Waals surface area (Å²) in [4.78, 5) is 7.85. The number of rotatable bonds is 4. The Balaban J connectivity index is 1.31. The molecule has 3 heterocycles. The van der Waals surface area contributed by atoms with Crippen molar-refractivity contribution < 1.29 is 4.74 Å². The average Bonchev–Trinajstić information content (AvgIpc) is 3.55. The van der Waals surface area contributed by atoms with E-state index in [1.165, 1.54) is 11.1 Å². The molecule has 0 spiro atoms. The van der Waals surface area contributed by atoms with Crippen LogP contribution in [0.5, 0.6) is 5.75 Å². The van der Waals surface area contributed by atoms with E-state index in [2.05, 4.69) is 51.9 Å². The molecule has 5 heteroatoms. The molecule has 0 amide bonds. The SMILES string of the molecule is COc1ccc(-c2nc(C3CCN(C4Cc5ccccc5C4)C3)n3ccc(Cl)cc23)cc1. The maximum atomic E-state index is 6.38. The fourth-order valence-corrected chi connectivity index (χ4v) is 5.61. The van der Waals surface area contributed by atoms with Crippen molar-refractivity contribution in [2.24, 2.45) is 0 Å². The van der Waals surface area contributed by atoms with Gasteiger partial charge >= 0.3 is 0 Å². The molecule has 0 saturated carbocycles. The summed E-state index contributed by atoms with van der Waals surface area (Å²) in [5.74, 6) is 2.40. The summed E-state index contributed by atoms with van der Waals surface area (Å²) in [6.07, 6.45) is 5.54. The minimum atomic E-state index is 0.416. The number of methoxy groups -OCH3 is 1. The van der Waals surface area contributed by atoms with Crippen LogP contribution in [0.2, 0.25) is 5.02 Å². The van der Waals surface area contributed by atoms with Crippen LogP contribution in [-0.2, 0) is 12.8 Å². The Morgan fingerprint density at radius 1 is 1.00 bits per heavy atom. The molecule has 1 fully saturated rings. The number of pyridine rings is 1. The second-order valence-electron chi connectivity index (χ2n) is 8.96. The Bertz CT molecular complexity index is 1260. The van der Waals surface area contributed by atoms with Gasteiger partial charge in [-0.15, -0.1) is 0 Å². The normalized spacial score (nSPS) is 19.0. The fourth-order valence-electron chi connectivity index (χ4n) is 5.46. The lowest BCUT2D eigenvalue weighted by Gasteiger charge is -2.23. The largest absolute Gasteiger partial charge is 0.497 e. The Morgan fingerprint density at radius 2 is 1.75 bits per heavy atom. The van der Waals surface area contributed by atoms with Crippen molar-refractivity contribution >= 4 is 17.1 Å². The van der Waals surface area contributed by atoms with Crippen molar-refractivity contribution in [1.82, 2.24) is 14.3 Å². The molecule has 2 aromatic carbocycles. The van der Waals surface area contributed by atoms with Crippen molar-refractivity contribution in [1.29, 1.82) is 0 Å². The van der Waals surface area contributed by atoms with Crippen LogP contribution in [0, 0.1) is 0 Å². The minimum Gasteiger partial charge on any atom is -0.497 e. The number of imidazole rings is 1. The fraction of sp³-hybridized carbons (Fsp3) is 0.296. The van der Waals surface area contributed by atoms with E-state index in [0.717, 1.165) is 65.7 Å². The monoisotopic (exact) mass is 443 g/mol. The summed E-state index contributed by atoms with van der Waals surface area (Å²) in [7, 11) is 1.69. The third-order valence-electron chi connectivity index (χ3n) is 7.13. The topological polar surface area (TPSA) is 29.8 Å². The van der Waals surface area contributed by atoms with Crippen LogP contribution in [0.4, 0.5) is 0 Å². The smallest absolute Gasteiger partial charge is 0.118 e. The molecule has 32 heavy (non-hydrogen) atoms. The molecule has 0 radical (unpaired) electrons. The molecule has 1 unspecified atom stereocenters. The van der Waals surface area contributed by atoms with Crippen LogP contribution in [0.25, 0.3) is 16.8 Å². The van der Waals surface area contributed by atoms with Gasteiger partial charge in [-0.1, -0.05) is 35.9 Å². The summed E-state index contributed by atoms with van der Waals surface area (Å²) in [5.41, 5.74) is 6.16. The first-order valence-corrected chi connectivity index (χ1v) is 11.7. The van der Waals surface area contributed by atoms with E-state index < -0.39 is 0 Å². The van der Waals surface area contributed by atoms with Gasteiger partial charge in [-0.05, 0) is 73.3 Å². The number of aromatic nitrogens is 2. The highest BCUT2D eigenvalue weighted by molar-refractivity contribution is 6.31. The lowest BCUT2D eigenvalue weighted by Crippen LogP contribution is -2.33. The number of nitrogens with zero attached hydrogens (tertiary/aromatic N) is 3. The molecular formula is C27H26ClN3O. The van der Waals surface area contributed by atoms with E-state index in [1.807, 2.05) is 24.3 Å². The zero-order chi connectivity index (χ0) is 21.7. The van der Waals surface area contributed by atoms with E-state index in [1.54, 1.807) is 7.11 Å². The Labute approximate surface area is 193 Å². The van der Waals surface area contributed by atoms with Gasteiger partial charge in [0.25, 0.3) is 0 Å². The molecule has 162 valence electrons. The van der Waals surface area contributed by atoms with Crippen LogP contribution >= 0.6 is 11.6 Å². The van der Waals surface area contributed by atoms with E-state index in [-0.39, 0.29) is 0 Å². The standard InChI is InChI=1S/C27H26ClN3O/c1-32-24-8-6-18(7-9-24)26-25-16-22(28)11-13-31(25)27(29-26)21-10-12-30(17-21)23-14-19-4-2-3-5-20(19)15-23/h2-9,11,13,16,21,23H,10,12,14-15,17H2,1H3. The summed E-state index contributed by atoms with van der Waals surface area (Å²) in [6, 6.07) is 21.6. The number of fused-ring (bicyclic) bond motifs is 2. The highest BCUT2D eigenvalue weighted by atomic mass is 35.5. The van der Waals surface area contributed by atoms with Gasteiger partial charge in [-0.25, -0.2) is 4.98 Å². The highest BCUT2D eigenvalue weighted by Crippen LogP contribution is 2.36. The maximum Gasteiger partial charge on any atom is 0.118 e. The van der Waals surface area contributed by atoms with Crippen LogP contribution in [-0.4, -0.2) is 40.5 Å². The summed E-state index contributed by atoms with van der Waals surface area (Å²) in [5, 5.41) is 0.732. The zero-order valence-corrected chi connectivity index (χ0v) is 18.9. The van der Waals surface area contributed by atoms with Crippen molar-refractivity contribution in [2.45, 2.75) is 31.2 Å². The van der Waals surface area contributed by atoms with Crippen LogP contribution < -0.4 is 4.74 Å². The first kappa shape index (κ1) is 19.8. The van der Waals surface area contributed by atoms with Crippen molar-refractivity contribution in [2.75, 3.05) is 20.2 Å². The molecule has 4 nitrogen and oxygen atoms in total. The number of ether oxygens (including phenoxy) is 1. The molecule has 1 aliphatic heterocycles. The third kappa shape index (κ3) is 3.39. The number of benzene rings is 2. The molecule has 1 aliphatic carbocycles. The molecule has 6 rings (SSSR count). The molecule has 0 N–H and O–H groups in total. The molecule has 2 aromatic heterocycles. The van der Waals surface area contributed by atoms with Gasteiger partial charge in [0.05, 0.1) is 18.3 Å². The van der Waals surface area contributed by atoms with Gasteiger partial charge in [0, 0.05) is 35.3 Å². The van der Waals surface area contributed by atoms with Gasteiger partial charge in [-0.2, -0.15) is 0 Å².